The van der Waals surface area contributed by atoms with Gasteiger partial charge < -0.3 is 20.1 Å². The molecule has 0 heterocycles. The average Bonchev–Trinajstić information content (AvgIpc) is 2.04. The van der Waals surface area contributed by atoms with Crippen LogP contribution in [0.5, 0.6) is 0 Å². The van der Waals surface area contributed by atoms with Crippen molar-refractivity contribution in [2.45, 2.75) is 6.23 Å². The van der Waals surface area contributed by atoms with E-state index in [0.29, 0.717) is 19.8 Å². The van der Waals surface area contributed by atoms with Gasteiger partial charge in [-0.2, -0.15) is 0 Å². The molecule has 0 spiro atoms. The second-order valence-electron chi connectivity index (χ2n) is 1.99. The summed E-state index contributed by atoms with van der Waals surface area (Å²) < 4.78 is 4.87. The highest BCUT2D eigenvalue weighted by Gasteiger charge is 1.97. The van der Waals surface area contributed by atoms with Crippen LogP contribution >= 0.6 is 0 Å². The lowest BCUT2D eigenvalue weighted by Crippen LogP contribution is -2.34. The van der Waals surface area contributed by atoms with Crippen molar-refractivity contribution in [2.75, 3.05) is 33.0 Å². The van der Waals surface area contributed by atoms with Gasteiger partial charge in [-0.05, 0) is 0 Å². The minimum absolute atomic E-state index is 0.00253. The SMILES string of the molecule is OCCOCCNC(O)CO. The third-order valence-electron chi connectivity index (χ3n) is 1.03. The highest BCUT2D eigenvalue weighted by molar-refractivity contribution is 4.48. The molecule has 0 aromatic rings. The van der Waals surface area contributed by atoms with Crippen molar-refractivity contribution in [3.63, 3.8) is 0 Å². The largest absolute Gasteiger partial charge is 0.394 e. The van der Waals surface area contributed by atoms with Gasteiger partial charge in [0.05, 0.1) is 26.4 Å². The lowest BCUT2D eigenvalue weighted by molar-refractivity contribution is 0.0495. The van der Waals surface area contributed by atoms with Crippen LogP contribution in [0.15, 0.2) is 0 Å². The monoisotopic (exact) mass is 165 g/mol. The molecular formula is C6H15NO4. The van der Waals surface area contributed by atoms with Gasteiger partial charge in [0.15, 0.2) is 0 Å². The standard InChI is InChI=1S/C6H15NO4/c8-2-4-11-3-1-7-6(10)5-9/h6-10H,1-5H2. The van der Waals surface area contributed by atoms with Crippen molar-refractivity contribution < 1.29 is 20.1 Å². The number of aliphatic hydroxyl groups excluding tert-OH is 3. The Morgan fingerprint density at radius 3 is 2.55 bits per heavy atom. The van der Waals surface area contributed by atoms with E-state index in [4.69, 9.17) is 20.1 Å². The summed E-state index contributed by atoms with van der Waals surface area (Å²) in [4.78, 5) is 0. The van der Waals surface area contributed by atoms with Crippen LogP contribution in [0.1, 0.15) is 0 Å². The molecule has 1 unspecified atom stereocenters. The summed E-state index contributed by atoms with van der Waals surface area (Å²) >= 11 is 0. The Bertz CT molecular complexity index is 81.0. The number of nitrogens with one attached hydrogen (secondary N) is 1. The van der Waals surface area contributed by atoms with Crippen molar-refractivity contribution in [3.05, 3.63) is 0 Å². The minimum Gasteiger partial charge on any atom is -0.394 e. The van der Waals surface area contributed by atoms with Crippen molar-refractivity contribution in [2.24, 2.45) is 0 Å². The molecule has 0 aliphatic rings. The molecule has 0 amide bonds. The molecule has 4 N–H and O–H groups in total. The Morgan fingerprint density at radius 2 is 2.00 bits per heavy atom. The van der Waals surface area contributed by atoms with E-state index in [9.17, 15) is 0 Å². The van der Waals surface area contributed by atoms with E-state index in [2.05, 4.69) is 5.32 Å². The predicted octanol–water partition coefficient (Wildman–Crippen LogP) is -2.10. The Balaban J connectivity index is 2.89. The summed E-state index contributed by atoms with van der Waals surface area (Å²) in [6, 6.07) is 0. The minimum atomic E-state index is -0.882. The predicted molar refractivity (Wildman–Crippen MR) is 39.0 cm³/mol. The van der Waals surface area contributed by atoms with E-state index in [0.717, 1.165) is 0 Å². The smallest absolute Gasteiger partial charge is 0.128 e. The van der Waals surface area contributed by atoms with Crippen molar-refractivity contribution in [3.8, 4) is 0 Å². The summed E-state index contributed by atoms with van der Waals surface area (Å²) in [6.45, 7) is 0.874. The lowest BCUT2D eigenvalue weighted by Gasteiger charge is -2.08. The van der Waals surface area contributed by atoms with Gasteiger partial charge in [-0.1, -0.05) is 0 Å². The zero-order chi connectivity index (χ0) is 8.53. The molecule has 0 radical (unpaired) electrons. The summed E-state index contributed by atoms with van der Waals surface area (Å²) in [6.07, 6.45) is -0.882. The third-order valence-corrected chi connectivity index (χ3v) is 1.03. The fourth-order valence-corrected chi connectivity index (χ4v) is 0.529. The Hall–Kier alpha value is -0.200. The molecule has 0 fully saturated rings. The number of ether oxygens (including phenoxy) is 1. The maximum absolute atomic E-state index is 8.75. The van der Waals surface area contributed by atoms with Crippen molar-refractivity contribution in [1.29, 1.82) is 0 Å². The van der Waals surface area contributed by atoms with Crippen LogP contribution in [0, 0.1) is 0 Å². The van der Waals surface area contributed by atoms with E-state index in [1.54, 1.807) is 0 Å². The van der Waals surface area contributed by atoms with Gasteiger partial charge in [-0.3, -0.25) is 5.32 Å². The molecule has 0 aliphatic heterocycles. The second kappa shape index (κ2) is 7.90. The number of aliphatic hydroxyl groups is 3. The molecule has 5 nitrogen and oxygen atoms in total. The number of rotatable bonds is 7. The summed E-state index contributed by atoms with van der Waals surface area (Å²) in [7, 11) is 0. The third kappa shape index (κ3) is 7.70. The van der Waals surface area contributed by atoms with E-state index in [1.165, 1.54) is 0 Å². The Labute approximate surface area is 65.6 Å². The molecule has 11 heavy (non-hydrogen) atoms. The summed E-state index contributed by atoms with van der Waals surface area (Å²) in [5, 5.41) is 28.0. The Kier molecular flexibility index (Phi) is 7.76. The van der Waals surface area contributed by atoms with Crippen LogP contribution < -0.4 is 5.32 Å². The first-order valence-corrected chi connectivity index (χ1v) is 3.52. The first-order chi connectivity index (χ1) is 5.31. The van der Waals surface area contributed by atoms with E-state index in [-0.39, 0.29) is 13.2 Å². The zero-order valence-corrected chi connectivity index (χ0v) is 6.36. The topological polar surface area (TPSA) is 82.0 Å². The number of hydrogen-bond acceptors (Lipinski definition) is 5. The van der Waals surface area contributed by atoms with Crippen LogP contribution in [-0.4, -0.2) is 54.5 Å². The first-order valence-electron chi connectivity index (χ1n) is 3.52. The van der Waals surface area contributed by atoms with Gasteiger partial charge in [-0.15, -0.1) is 0 Å². The van der Waals surface area contributed by atoms with Crippen LogP contribution in [-0.2, 0) is 4.74 Å². The molecular weight excluding hydrogens is 150 g/mol. The van der Waals surface area contributed by atoms with Gasteiger partial charge in [0.25, 0.3) is 0 Å². The van der Waals surface area contributed by atoms with Crippen molar-refractivity contribution >= 4 is 0 Å². The number of hydrogen-bond donors (Lipinski definition) is 4. The molecule has 0 aromatic heterocycles. The van der Waals surface area contributed by atoms with E-state index >= 15 is 0 Å². The van der Waals surface area contributed by atoms with Crippen LogP contribution in [0.2, 0.25) is 0 Å². The fraction of sp³-hybridized carbons (Fsp3) is 1.00. The summed E-state index contributed by atoms with van der Waals surface area (Å²) in [5.41, 5.74) is 0. The quantitative estimate of drug-likeness (QED) is 0.256. The Morgan fingerprint density at radius 1 is 1.27 bits per heavy atom. The molecule has 1 atom stereocenters. The molecule has 0 aliphatic carbocycles. The van der Waals surface area contributed by atoms with Crippen LogP contribution in [0.4, 0.5) is 0 Å². The van der Waals surface area contributed by atoms with Gasteiger partial charge in [-0.25, -0.2) is 0 Å². The molecule has 0 bridgehead atoms. The molecule has 0 saturated heterocycles. The normalized spacial score (nSPS) is 13.4. The summed E-state index contributed by atoms with van der Waals surface area (Å²) in [5.74, 6) is 0. The van der Waals surface area contributed by atoms with Gasteiger partial charge in [0, 0.05) is 6.54 Å². The average molecular weight is 165 g/mol. The lowest BCUT2D eigenvalue weighted by atomic mass is 10.5. The van der Waals surface area contributed by atoms with Crippen LogP contribution in [0.3, 0.4) is 0 Å². The molecule has 0 rings (SSSR count). The molecule has 5 heteroatoms. The molecule has 0 saturated carbocycles. The van der Waals surface area contributed by atoms with E-state index in [1.807, 2.05) is 0 Å². The van der Waals surface area contributed by atoms with E-state index < -0.39 is 6.23 Å². The van der Waals surface area contributed by atoms with Crippen LogP contribution in [0.25, 0.3) is 0 Å². The second-order valence-corrected chi connectivity index (χ2v) is 1.99. The zero-order valence-electron chi connectivity index (χ0n) is 6.36. The van der Waals surface area contributed by atoms with Gasteiger partial charge in [0.1, 0.15) is 6.23 Å². The maximum Gasteiger partial charge on any atom is 0.128 e. The highest BCUT2D eigenvalue weighted by Crippen LogP contribution is 1.74. The van der Waals surface area contributed by atoms with Gasteiger partial charge >= 0.3 is 0 Å². The molecule has 0 aromatic carbocycles. The highest BCUT2D eigenvalue weighted by atomic mass is 16.5. The fourth-order valence-electron chi connectivity index (χ4n) is 0.529. The van der Waals surface area contributed by atoms with Gasteiger partial charge in [0.2, 0.25) is 0 Å². The molecule has 68 valence electrons. The van der Waals surface area contributed by atoms with Crippen molar-refractivity contribution in [1.82, 2.24) is 5.32 Å². The first kappa shape index (κ1) is 10.8. The maximum atomic E-state index is 8.75.